The molecule has 0 saturated heterocycles. The van der Waals surface area contributed by atoms with Crippen LogP contribution >= 0.6 is 0 Å². The van der Waals surface area contributed by atoms with Crippen molar-refractivity contribution in [3.05, 3.63) is 72.1 Å². The Kier molecular flexibility index (Phi) is 5.28. The molecule has 0 unspecified atom stereocenters. The molecule has 4 aromatic rings. The summed E-state index contributed by atoms with van der Waals surface area (Å²) in [7, 11) is 0. The summed E-state index contributed by atoms with van der Waals surface area (Å²) in [6, 6.07) is 18.7. The van der Waals surface area contributed by atoms with E-state index in [0.29, 0.717) is 18.8 Å². The normalized spacial score (nSPS) is 10.9. The van der Waals surface area contributed by atoms with Crippen molar-refractivity contribution in [2.45, 2.75) is 19.6 Å². The Morgan fingerprint density at radius 2 is 1.93 bits per heavy atom. The Hall–Kier alpha value is -3.68. The number of carbonyl (C=O) groups is 1. The van der Waals surface area contributed by atoms with Crippen molar-refractivity contribution in [1.29, 1.82) is 0 Å². The number of aryl methyl sites for hydroxylation is 1. The van der Waals surface area contributed by atoms with E-state index in [4.69, 9.17) is 9.26 Å². The Bertz CT molecular complexity index is 1060. The first-order chi connectivity index (χ1) is 13.8. The maximum absolute atomic E-state index is 12.2. The van der Waals surface area contributed by atoms with Gasteiger partial charge < -0.3 is 14.6 Å². The second-order valence-corrected chi connectivity index (χ2v) is 6.19. The van der Waals surface area contributed by atoms with Crippen LogP contribution in [-0.2, 0) is 13.2 Å². The van der Waals surface area contributed by atoms with Gasteiger partial charge >= 0.3 is 0 Å². The van der Waals surface area contributed by atoms with Crippen molar-refractivity contribution < 1.29 is 14.1 Å². The van der Waals surface area contributed by atoms with Crippen LogP contribution in [0.25, 0.3) is 11.0 Å². The SMILES string of the molecule is O=C(NCCCn1nnc2ccccc21)c1cc(COc2ccccc2)on1. The minimum atomic E-state index is -0.279. The van der Waals surface area contributed by atoms with Crippen molar-refractivity contribution in [3.8, 4) is 5.75 Å². The minimum Gasteiger partial charge on any atom is -0.486 e. The molecule has 2 heterocycles. The fourth-order valence-corrected chi connectivity index (χ4v) is 2.76. The fraction of sp³-hybridized carbons (Fsp3) is 0.200. The van der Waals surface area contributed by atoms with Gasteiger partial charge in [-0.2, -0.15) is 0 Å². The molecule has 0 fully saturated rings. The summed E-state index contributed by atoms with van der Waals surface area (Å²) in [5.74, 6) is 0.937. The summed E-state index contributed by atoms with van der Waals surface area (Å²) in [6.45, 7) is 1.37. The highest BCUT2D eigenvalue weighted by Crippen LogP contribution is 2.13. The van der Waals surface area contributed by atoms with Crippen LogP contribution in [-0.4, -0.2) is 32.6 Å². The zero-order valence-electron chi connectivity index (χ0n) is 15.1. The smallest absolute Gasteiger partial charge is 0.273 e. The molecule has 0 saturated carbocycles. The summed E-state index contributed by atoms with van der Waals surface area (Å²) in [5.41, 5.74) is 2.07. The third-order valence-corrected chi connectivity index (χ3v) is 4.17. The van der Waals surface area contributed by atoms with E-state index in [-0.39, 0.29) is 18.2 Å². The number of amides is 1. The van der Waals surface area contributed by atoms with E-state index < -0.39 is 0 Å². The van der Waals surface area contributed by atoms with Crippen molar-refractivity contribution in [1.82, 2.24) is 25.5 Å². The minimum absolute atomic E-state index is 0.212. The lowest BCUT2D eigenvalue weighted by Gasteiger charge is -2.04. The van der Waals surface area contributed by atoms with Crippen molar-refractivity contribution in [2.24, 2.45) is 0 Å². The molecule has 0 aliphatic heterocycles. The number of para-hydroxylation sites is 2. The van der Waals surface area contributed by atoms with Crippen LogP contribution in [0, 0.1) is 0 Å². The van der Waals surface area contributed by atoms with E-state index >= 15 is 0 Å². The first kappa shape index (κ1) is 17.7. The summed E-state index contributed by atoms with van der Waals surface area (Å²) < 4.78 is 12.6. The van der Waals surface area contributed by atoms with Gasteiger partial charge in [0, 0.05) is 19.2 Å². The summed E-state index contributed by atoms with van der Waals surface area (Å²) in [6.07, 6.45) is 0.723. The predicted octanol–water partition coefficient (Wildman–Crippen LogP) is 2.82. The lowest BCUT2D eigenvalue weighted by Crippen LogP contribution is -2.25. The summed E-state index contributed by atoms with van der Waals surface area (Å²) in [5, 5.41) is 14.9. The first-order valence-corrected chi connectivity index (χ1v) is 8.99. The van der Waals surface area contributed by atoms with E-state index in [1.807, 2.05) is 59.3 Å². The van der Waals surface area contributed by atoms with Gasteiger partial charge in [-0.05, 0) is 30.7 Å². The Balaban J connectivity index is 1.23. The van der Waals surface area contributed by atoms with Gasteiger partial charge in [-0.3, -0.25) is 4.79 Å². The Labute approximate surface area is 161 Å². The molecule has 0 radical (unpaired) electrons. The van der Waals surface area contributed by atoms with Crippen LogP contribution in [0.1, 0.15) is 22.7 Å². The first-order valence-electron chi connectivity index (χ1n) is 8.99. The second-order valence-electron chi connectivity index (χ2n) is 6.19. The third-order valence-electron chi connectivity index (χ3n) is 4.17. The number of nitrogens with one attached hydrogen (secondary N) is 1. The molecular weight excluding hydrogens is 358 g/mol. The molecule has 0 aliphatic rings. The zero-order valence-corrected chi connectivity index (χ0v) is 15.1. The maximum atomic E-state index is 12.2. The number of carbonyl (C=O) groups excluding carboxylic acids is 1. The maximum Gasteiger partial charge on any atom is 0.273 e. The molecule has 1 amide bonds. The van der Waals surface area contributed by atoms with Gasteiger partial charge in [-0.25, -0.2) is 4.68 Å². The zero-order chi connectivity index (χ0) is 19.2. The number of aromatic nitrogens is 4. The van der Waals surface area contributed by atoms with Gasteiger partial charge in [0.2, 0.25) is 0 Å². The molecule has 1 N–H and O–H groups in total. The number of ether oxygens (including phenoxy) is 1. The molecule has 8 nitrogen and oxygen atoms in total. The molecule has 4 rings (SSSR count). The number of fused-ring (bicyclic) bond motifs is 1. The lowest BCUT2D eigenvalue weighted by atomic mass is 10.3. The molecular formula is C20H19N5O3. The van der Waals surface area contributed by atoms with Crippen molar-refractivity contribution in [2.75, 3.05) is 6.54 Å². The van der Waals surface area contributed by atoms with Gasteiger partial charge in [0.05, 0.1) is 5.52 Å². The van der Waals surface area contributed by atoms with Crippen LogP contribution in [0.15, 0.2) is 65.2 Å². The van der Waals surface area contributed by atoms with Crippen LogP contribution in [0.4, 0.5) is 0 Å². The third kappa shape index (κ3) is 4.17. The molecule has 0 aliphatic carbocycles. The van der Waals surface area contributed by atoms with Crippen LogP contribution in [0.2, 0.25) is 0 Å². The molecule has 2 aromatic heterocycles. The van der Waals surface area contributed by atoms with Crippen LogP contribution < -0.4 is 10.1 Å². The van der Waals surface area contributed by atoms with Gasteiger partial charge in [0.1, 0.15) is 17.9 Å². The Morgan fingerprint density at radius 1 is 1.11 bits per heavy atom. The quantitative estimate of drug-likeness (QED) is 0.475. The molecule has 2 aromatic carbocycles. The molecule has 8 heteroatoms. The van der Waals surface area contributed by atoms with E-state index in [2.05, 4.69) is 20.8 Å². The van der Waals surface area contributed by atoms with Gasteiger partial charge in [-0.1, -0.05) is 40.7 Å². The van der Waals surface area contributed by atoms with Crippen molar-refractivity contribution >= 4 is 16.9 Å². The molecule has 0 atom stereocenters. The summed E-state index contributed by atoms with van der Waals surface area (Å²) >= 11 is 0. The monoisotopic (exact) mass is 377 g/mol. The topological polar surface area (TPSA) is 95.1 Å². The standard InChI is InChI=1S/C20H19N5O3/c26-20(18-13-16(28-23-18)14-27-15-7-2-1-3-8-15)21-11-6-12-25-19-10-5-4-9-17(19)22-24-25/h1-5,7-10,13H,6,11-12,14H2,(H,21,26). The molecule has 0 bridgehead atoms. The molecule has 0 spiro atoms. The van der Waals surface area contributed by atoms with E-state index in [9.17, 15) is 4.79 Å². The van der Waals surface area contributed by atoms with Crippen LogP contribution in [0.3, 0.4) is 0 Å². The number of hydrogen-bond acceptors (Lipinski definition) is 6. The van der Waals surface area contributed by atoms with Gasteiger partial charge in [0.25, 0.3) is 5.91 Å². The summed E-state index contributed by atoms with van der Waals surface area (Å²) in [4.78, 5) is 12.2. The lowest BCUT2D eigenvalue weighted by molar-refractivity contribution is 0.0943. The highest BCUT2D eigenvalue weighted by Gasteiger charge is 2.12. The average molecular weight is 377 g/mol. The number of rotatable bonds is 8. The van der Waals surface area contributed by atoms with Crippen LogP contribution in [0.5, 0.6) is 5.75 Å². The van der Waals surface area contributed by atoms with Crippen molar-refractivity contribution in [3.63, 3.8) is 0 Å². The highest BCUT2D eigenvalue weighted by atomic mass is 16.5. The highest BCUT2D eigenvalue weighted by molar-refractivity contribution is 5.92. The average Bonchev–Trinajstić information content (AvgIpc) is 3.38. The number of hydrogen-bond donors (Lipinski definition) is 1. The fourth-order valence-electron chi connectivity index (χ4n) is 2.76. The Morgan fingerprint density at radius 3 is 2.82 bits per heavy atom. The van der Waals surface area contributed by atoms with E-state index in [0.717, 1.165) is 23.2 Å². The largest absolute Gasteiger partial charge is 0.486 e. The predicted molar refractivity (Wildman–Crippen MR) is 102 cm³/mol. The molecule has 28 heavy (non-hydrogen) atoms. The van der Waals surface area contributed by atoms with E-state index in [1.54, 1.807) is 6.07 Å². The second kappa shape index (κ2) is 8.34. The number of nitrogens with zero attached hydrogens (tertiary/aromatic N) is 4. The molecule has 142 valence electrons. The van der Waals surface area contributed by atoms with Gasteiger partial charge in [0.15, 0.2) is 11.5 Å². The van der Waals surface area contributed by atoms with Gasteiger partial charge in [-0.15, -0.1) is 5.10 Å². The van der Waals surface area contributed by atoms with E-state index in [1.165, 1.54) is 0 Å². The number of benzene rings is 2.